The number of aromatic nitrogens is 2. The van der Waals surface area contributed by atoms with Crippen LogP contribution >= 0.6 is 22.6 Å². The van der Waals surface area contributed by atoms with Crippen LogP contribution in [0.2, 0.25) is 0 Å². The molecule has 0 bridgehead atoms. The second kappa shape index (κ2) is 6.17. The van der Waals surface area contributed by atoms with Crippen LogP contribution in [0.4, 0.5) is 5.82 Å². The SMILES string of the molecule is CCNc1nc(-c2cccc(O)c2)nc(C(C)(C)C)c1I. The molecule has 4 nitrogen and oxygen atoms in total. The summed E-state index contributed by atoms with van der Waals surface area (Å²) in [6, 6.07) is 7.04. The molecule has 0 unspecified atom stereocenters. The Morgan fingerprint density at radius 2 is 1.95 bits per heavy atom. The Balaban J connectivity index is 2.64. The third-order valence-electron chi connectivity index (χ3n) is 3.01. The quantitative estimate of drug-likeness (QED) is 0.763. The first kappa shape index (κ1) is 16.0. The van der Waals surface area contributed by atoms with E-state index in [1.165, 1.54) is 0 Å². The van der Waals surface area contributed by atoms with E-state index in [1.807, 2.05) is 13.0 Å². The summed E-state index contributed by atoms with van der Waals surface area (Å²) in [5.74, 6) is 1.69. The van der Waals surface area contributed by atoms with Crippen molar-refractivity contribution in [3.8, 4) is 17.1 Å². The molecule has 5 heteroatoms. The molecule has 2 N–H and O–H groups in total. The summed E-state index contributed by atoms with van der Waals surface area (Å²) < 4.78 is 1.05. The standard InChI is InChI=1S/C16H20IN3O/c1-5-18-15-12(17)13(16(2,3)4)19-14(20-15)10-7-6-8-11(21)9-10/h6-9,21H,5H2,1-4H3,(H,18,19,20). The minimum atomic E-state index is -0.0742. The first-order valence-electron chi connectivity index (χ1n) is 6.94. The van der Waals surface area contributed by atoms with Crippen molar-refractivity contribution in [3.63, 3.8) is 0 Å². The topological polar surface area (TPSA) is 58.0 Å². The van der Waals surface area contributed by atoms with Crippen molar-refractivity contribution < 1.29 is 5.11 Å². The molecule has 0 radical (unpaired) electrons. The molecule has 0 saturated heterocycles. The molecule has 21 heavy (non-hydrogen) atoms. The van der Waals surface area contributed by atoms with Crippen molar-refractivity contribution in [2.24, 2.45) is 0 Å². The Hall–Kier alpha value is -1.37. The minimum absolute atomic E-state index is 0.0742. The second-order valence-corrected chi connectivity index (χ2v) is 6.97. The van der Waals surface area contributed by atoms with Gasteiger partial charge in [0.25, 0.3) is 0 Å². The molecule has 1 aromatic carbocycles. The van der Waals surface area contributed by atoms with Gasteiger partial charge in [0, 0.05) is 17.5 Å². The first-order chi connectivity index (χ1) is 9.82. The lowest BCUT2D eigenvalue weighted by atomic mass is 9.91. The van der Waals surface area contributed by atoms with Gasteiger partial charge in [0.1, 0.15) is 11.6 Å². The number of nitrogens with one attached hydrogen (secondary N) is 1. The molecule has 0 aliphatic carbocycles. The van der Waals surface area contributed by atoms with Gasteiger partial charge >= 0.3 is 0 Å². The molecule has 0 saturated carbocycles. The van der Waals surface area contributed by atoms with Crippen molar-refractivity contribution in [2.75, 3.05) is 11.9 Å². The smallest absolute Gasteiger partial charge is 0.161 e. The van der Waals surface area contributed by atoms with Crippen LogP contribution < -0.4 is 5.32 Å². The maximum absolute atomic E-state index is 9.66. The van der Waals surface area contributed by atoms with Crippen LogP contribution in [-0.4, -0.2) is 21.6 Å². The highest BCUT2D eigenvalue weighted by molar-refractivity contribution is 14.1. The number of rotatable bonds is 3. The summed E-state index contributed by atoms with van der Waals surface area (Å²) in [6.07, 6.45) is 0. The van der Waals surface area contributed by atoms with Crippen molar-refractivity contribution in [3.05, 3.63) is 33.5 Å². The van der Waals surface area contributed by atoms with Gasteiger partial charge in [-0.15, -0.1) is 0 Å². The van der Waals surface area contributed by atoms with E-state index in [-0.39, 0.29) is 11.2 Å². The largest absolute Gasteiger partial charge is 0.508 e. The van der Waals surface area contributed by atoms with E-state index in [2.05, 4.69) is 53.7 Å². The molecule has 0 amide bonds. The van der Waals surface area contributed by atoms with E-state index in [0.717, 1.165) is 27.2 Å². The predicted octanol–water partition coefficient (Wildman–Crippen LogP) is 4.18. The van der Waals surface area contributed by atoms with Gasteiger partial charge in [-0.1, -0.05) is 32.9 Å². The Kier molecular flexibility index (Phi) is 4.70. The number of halogens is 1. The van der Waals surface area contributed by atoms with E-state index in [4.69, 9.17) is 4.98 Å². The van der Waals surface area contributed by atoms with E-state index < -0.39 is 0 Å². The fraction of sp³-hybridized carbons (Fsp3) is 0.375. The summed E-state index contributed by atoms with van der Waals surface area (Å²) in [5.41, 5.74) is 1.75. The Morgan fingerprint density at radius 1 is 1.24 bits per heavy atom. The fourth-order valence-electron chi connectivity index (χ4n) is 2.00. The number of phenolic OH excluding ortho intramolecular Hbond substituents is 1. The zero-order valence-electron chi connectivity index (χ0n) is 12.7. The van der Waals surface area contributed by atoms with Crippen LogP contribution in [0.1, 0.15) is 33.4 Å². The Bertz CT molecular complexity index is 650. The van der Waals surface area contributed by atoms with Crippen LogP contribution in [0.5, 0.6) is 5.75 Å². The zero-order chi connectivity index (χ0) is 15.6. The Morgan fingerprint density at radius 3 is 2.52 bits per heavy atom. The monoisotopic (exact) mass is 397 g/mol. The molecule has 0 spiro atoms. The molecular formula is C16H20IN3O. The molecule has 2 rings (SSSR count). The number of benzene rings is 1. The molecule has 0 fully saturated rings. The molecule has 0 aliphatic heterocycles. The van der Waals surface area contributed by atoms with Gasteiger partial charge in [0.05, 0.1) is 9.26 Å². The van der Waals surface area contributed by atoms with E-state index in [0.29, 0.717) is 5.82 Å². The highest BCUT2D eigenvalue weighted by atomic mass is 127. The number of phenols is 1. The highest BCUT2D eigenvalue weighted by Gasteiger charge is 2.23. The van der Waals surface area contributed by atoms with Gasteiger partial charge in [-0.3, -0.25) is 0 Å². The summed E-state index contributed by atoms with van der Waals surface area (Å²) in [4.78, 5) is 9.33. The number of anilines is 1. The van der Waals surface area contributed by atoms with Crippen molar-refractivity contribution in [1.82, 2.24) is 9.97 Å². The van der Waals surface area contributed by atoms with Crippen LogP contribution in [0.3, 0.4) is 0 Å². The highest BCUT2D eigenvalue weighted by Crippen LogP contribution is 2.32. The maximum atomic E-state index is 9.66. The molecular weight excluding hydrogens is 377 g/mol. The van der Waals surface area contributed by atoms with Gasteiger partial charge in [-0.05, 0) is 41.6 Å². The normalized spacial score (nSPS) is 11.5. The van der Waals surface area contributed by atoms with Crippen LogP contribution in [0, 0.1) is 3.57 Å². The minimum Gasteiger partial charge on any atom is -0.508 e. The fourth-order valence-corrected chi connectivity index (χ4v) is 3.24. The molecule has 0 aliphatic rings. The number of nitrogens with zero attached hydrogens (tertiary/aromatic N) is 2. The van der Waals surface area contributed by atoms with Gasteiger partial charge < -0.3 is 10.4 Å². The van der Waals surface area contributed by atoms with Crippen molar-refractivity contribution in [1.29, 1.82) is 0 Å². The third kappa shape index (κ3) is 3.64. The average Bonchev–Trinajstić information content (AvgIpc) is 2.40. The van der Waals surface area contributed by atoms with Crippen LogP contribution in [0.15, 0.2) is 24.3 Å². The molecule has 1 heterocycles. The van der Waals surface area contributed by atoms with E-state index >= 15 is 0 Å². The number of hydrogen-bond acceptors (Lipinski definition) is 4. The molecule has 2 aromatic rings. The van der Waals surface area contributed by atoms with Gasteiger partial charge in [-0.25, -0.2) is 9.97 Å². The van der Waals surface area contributed by atoms with Crippen molar-refractivity contribution >= 4 is 28.4 Å². The van der Waals surface area contributed by atoms with Gasteiger partial charge in [-0.2, -0.15) is 0 Å². The van der Waals surface area contributed by atoms with Gasteiger partial charge in [0.15, 0.2) is 5.82 Å². The van der Waals surface area contributed by atoms with Crippen molar-refractivity contribution in [2.45, 2.75) is 33.1 Å². The lowest BCUT2D eigenvalue weighted by molar-refractivity contribution is 0.475. The summed E-state index contributed by atoms with van der Waals surface area (Å²) in [7, 11) is 0. The van der Waals surface area contributed by atoms with E-state index in [1.54, 1.807) is 18.2 Å². The lowest BCUT2D eigenvalue weighted by Crippen LogP contribution is -2.19. The third-order valence-corrected chi connectivity index (χ3v) is 4.03. The van der Waals surface area contributed by atoms with Crippen LogP contribution in [0.25, 0.3) is 11.4 Å². The predicted molar refractivity (Wildman–Crippen MR) is 94.7 cm³/mol. The summed E-state index contributed by atoms with van der Waals surface area (Å²) in [6.45, 7) is 9.26. The van der Waals surface area contributed by atoms with Gasteiger partial charge in [0.2, 0.25) is 0 Å². The van der Waals surface area contributed by atoms with Crippen LogP contribution in [-0.2, 0) is 5.41 Å². The molecule has 1 aromatic heterocycles. The second-order valence-electron chi connectivity index (χ2n) is 5.89. The molecule has 0 atom stereocenters. The van der Waals surface area contributed by atoms with E-state index in [9.17, 15) is 5.11 Å². The summed E-state index contributed by atoms with van der Waals surface area (Å²) in [5, 5.41) is 13.0. The first-order valence-corrected chi connectivity index (χ1v) is 8.02. The Labute approximate surface area is 139 Å². The zero-order valence-corrected chi connectivity index (χ0v) is 14.9. The number of hydrogen-bond donors (Lipinski definition) is 2. The maximum Gasteiger partial charge on any atom is 0.161 e. The molecule has 112 valence electrons. The summed E-state index contributed by atoms with van der Waals surface area (Å²) >= 11 is 2.30. The average molecular weight is 397 g/mol. The number of aromatic hydroxyl groups is 1. The lowest BCUT2D eigenvalue weighted by Gasteiger charge is -2.22.